The number of ether oxygens (including phenoxy) is 1. The van der Waals surface area contributed by atoms with Crippen LogP contribution in [0.1, 0.15) is 37.9 Å². The summed E-state index contributed by atoms with van der Waals surface area (Å²) in [5.74, 6) is -0.528. The van der Waals surface area contributed by atoms with E-state index in [1.165, 1.54) is 7.11 Å². The topological polar surface area (TPSA) is 99.8 Å². The van der Waals surface area contributed by atoms with E-state index in [9.17, 15) is 14.4 Å². The molecule has 0 saturated carbocycles. The van der Waals surface area contributed by atoms with Crippen molar-refractivity contribution in [3.8, 4) is 5.75 Å². The zero-order valence-electron chi connectivity index (χ0n) is 19.7. The van der Waals surface area contributed by atoms with Crippen LogP contribution in [0.15, 0.2) is 48.5 Å². The number of methoxy groups -OCH3 is 1. The number of nitrogens with zero attached hydrogens (tertiary/aromatic N) is 1. The van der Waals surface area contributed by atoms with Gasteiger partial charge in [-0.25, -0.2) is 0 Å². The van der Waals surface area contributed by atoms with Gasteiger partial charge in [0, 0.05) is 6.54 Å². The van der Waals surface area contributed by atoms with Crippen molar-refractivity contribution >= 4 is 23.4 Å². The monoisotopic (exact) mass is 452 g/mol. The molecule has 33 heavy (non-hydrogen) atoms. The average Bonchev–Trinajstić information content (AvgIpc) is 3.21. The van der Waals surface area contributed by atoms with Gasteiger partial charge in [-0.2, -0.15) is 0 Å². The lowest BCUT2D eigenvalue weighted by atomic mass is 10.0. The summed E-state index contributed by atoms with van der Waals surface area (Å²) in [5, 5.41) is 8.65. The Kier molecular flexibility index (Phi) is 7.71. The van der Waals surface area contributed by atoms with Crippen molar-refractivity contribution in [3.63, 3.8) is 0 Å². The van der Waals surface area contributed by atoms with Gasteiger partial charge in [0.2, 0.25) is 11.8 Å². The average molecular weight is 453 g/mol. The number of hydrogen-bond acceptors (Lipinski definition) is 5. The number of para-hydroxylation sites is 2. The van der Waals surface area contributed by atoms with Crippen LogP contribution in [0.2, 0.25) is 0 Å². The van der Waals surface area contributed by atoms with Crippen LogP contribution in [0.25, 0.3) is 0 Å². The Labute approximate surface area is 194 Å². The Morgan fingerprint density at radius 1 is 1.03 bits per heavy atom. The van der Waals surface area contributed by atoms with Gasteiger partial charge in [-0.15, -0.1) is 0 Å². The highest BCUT2D eigenvalue weighted by Crippen LogP contribution is 2.36. The molecular formula is C25H32N4O4. The number of amides is 3. The van der Waals surface area contributed by atoms with Crippen LogP contribution in [-0.4, -0.2) is 48.9 Å². The number of hydrogen-bond donors (Lipinski definition) is 3. The third-order valence-electron chi connectivity index (χ3n) is 5.96. The molecule has 8 nitrogen and oxygen atoms in total. The van der Waals surface area contributed by atoms with Crippen LogP contribution in [0.5, 0.6) is 5.75 Å². The summed E-state index contributed by atoms with van der Waals surface area (Å²) in [7, 11) is 3.22. The molecular weight excluding hydrogens is 420 g/mol. The number of anilines is 1. The largest absolute Gasteiger partial charge is 0.495 e. The van der Waals surface area contributed by atoms with E-state index < -0.39 is 18.1 Å². The van der Waals surface area contributed by atoms with E-state index in [2.05, 4.69) is 16.0 Å². The predicted octanol–water partition coefficient (Wildman–Crippen LogP) is 2.47. The van der Waals surface area contributed by atoms with Gasteiger partial charge in [-0.3, -0.25) is 14.4 Å². The maximum Gasteiger partial charge on any atom is 0.251 e. The molecule has 3 rings (SSSR count). The molecule has 1 aliphatic heterocycles. The first-order valence-corrected chi connectivity index (χ1v) is 11.1. The molecule has 0 spiro atoms. The summed E-state index contributed by atoms with van der Waals surface area (Å²) in [6.45, 7) is 5.77. The van der Waals surface area contributed by atoms with E-state index in [4.69, 9.17) is 4.74 Å². The third kappa shape index (κ3) is 5.17. The molecule has 2 aromatic carbocycles. The minimum absolute atomic E-state index is 0.160. The number of carbonyl (C=O) groups excluding carboxylic acids is 3. The van der Waals surface area contributed by atoms with Crippen molar-refractivity contribution in [2.75, 3.05) is 19.5 Å². The molecule has 3 atom stereocenters. The predicted molar refractivity (Wildman–Crippen MR) is 127 cm³/mol. The van der Waals surface area contributed by atoms with E-state index in [1.807, 2.05) is 44.2 Å². The number of nitrogens with one attached hydrogen (secondary N) is 3. The lowest BCUT2D eigenvalue weighted by molar-refractivity contribution is -0.143. The second kappa shape index (κ2) is 10.5. The van der Waals surface area contributed by atoms with E-state index in [0.717, 1.165) is 11.1 Å². The normalized spacial score (nSPS) is 16.7. The summed E-state index contributed by atoms with van der Waals surface area (Å²) >= 11 is 0. The SMILES string of the molecule is CN[C@@H](C)C(=O)N[C@H](C(=O)N1Cc2ccccc2C1C(=O)Nc1ccccc1OC)C(C)C. The Morgan fingerprint density at radius 3 is 2.36 bits per heavy atom. The van der Waals surface area contributed by atoms with Crippen LogP contribution in [0.4, 0.5) is 5.69 Å². The molecule has 3 N–H and O–H groups in total. The molecule has 8 heteroatoms. The van der Waals surface area contributed by atoms with Crippen LogP contribution in [0, 0.1) is 5.92 Å². The van der Waals surface area contributed by atoms with Crippen molar-refractivity contribution in [1.82, 2.24) is 15.5 Å². The van der Waals surface area contributed by atoms with Crippen molar-refractivity contribution in [3.05, 3.63) is 59.7 Å². The van der Waals surface area contributed by atoms with Crippen molar-refractivity contribution < 1.29 is 19.1 Å². The molecule has 1 aliphatic rings. The van der Waals surface area contributed by atoms with Crippen LogP contribution in [-0.2, 0) is 20.9 Å². The molecule has 2 aromatic rings. The maximum absolute atomic E-state index is 13.7. The zero-order chi connectivity index (χ0) is 24.1. The van der Waals surface area contributed by atoms with Crippen LogP contribution < -0.4 is 20.7 Å². The van der Waals surface area contributed by atoms with Gasteiger partial charge in [0.1, 0.15) is 17.8 Å². The lowest BCUT2D eigenvalue weighted by Crippen LogP contribution is -2.55. The zero-order valence-corrected chi connectivity index (χ0v) is 19.7. The second-order valence-corrected chi connectivity index (χ2v) is 8.50. The molecule has 3 amide bonds. The number of fused-ring (bicyclic) bond motifs is 1. The van der Waals surface area contributed by atoms with Crippen LogP contribution >= 0.6 is 0 Å². The lowest BCUT2D eigenvalue weighted by Gasteiger charge is -2.31. The van der Waals surface area contributed by atoms with E-state index in [1.54, 1.807) is 37.1 Å². The fraction of sp³-hybridized carbons (Fsp3) is 0.400. The molecule has 0 bridgehead atoms. The summed E-state index contributed by atoms with van der Waals surface area (Å²) < 4.78 is 5.35. The van der Waals surface area contributed by atoms with E-state index in [-0.39, 0.29) is 23.6 Å². The minimum Gasteiger partial charge on any atom is -0.495 e. The van der Waals surface area contributed by atoms with E-state index in [0.29, 0.717) is 18.0 Å². The maximum atomic E-state index is 13.7. The van der Waals surface area contributed by atoms with Gasteiger partial charge in [-0.1, -0.05) is 50.2 Å². The number of benzene rings is 2. The van der Waals surface area contributed by atoms with Gasteiger partial charge in [0.05, 0.1) is 18.8 Å². The highest BCUT2D eigenvalue weighted by Gasteiger charge is 2.42. The first-order valence-electron chi connectivity index (χ1n) is 11.1. The standard InChI is InChI=1S/C25H32N4O4/c1-15(2)21(28-23(30)16(3)26-4)25(32)29-14-17-10-6-7-11-18(17)22(29)24(31)27-19-12-8-9-13-20(19)33-5/h6-13,15-16,21-22,26H,14H2,1-5H3,(H,27,31)(H,28,30)/t16-,21-,22?/m0/s1. The van der Waals surface area contributed by atoms with Crippen molar-refractivity contribution in [1.29, 1.82) is 0 Å². The molecule has 1 unspecified atom stereocenters. The summed E-state index contributed by atoms with van der Waals surface area (Å²) in [6.07, 6.45) is 0. The summed E-state index contributed by atoms with van der Waals surface area (Å²) in [6, 6.07) is 12.6. The number of likely N-dealkylation sites (N-methyl/N-ethyl adjacent to an activating group) is 1. The second-order valence-electron chi connectivity index (χ2n) is 8.50. The van der Waals surface area contributed by atoms with Gasteiger partial charge >= 0.3 is 0 Å². The molecule has 1 heterocycles. The molecule has 0 radical (unpaired) electrons. The van der Waals surface area contributed by atoms with Crippen molar-refractivity contribution in [2.24, 2.45) is 5.92 Å². The minimum atomic E-state index is -0.821. The Hall–Kier alpha value is -3.39. The Bertz CT molecular complexity index is 1020. The summed E-state index contributed by atoms with van der Waals surface area (Å²) in [5.41, 5.74) is 2.21. The highest BCUT2D eigenvalue weighted by molar-refractivity contribution is 6.01. The van der Waals surface area contributed by atoms with E-state index >= 15 is 0 Å². The first-order chi connectivity index (χ1) is 15.8. The number of carbonyl (C=O) groups is 3. The van der Waals surface area contributed by atoms with Gasteiger partial charge in [-0.05, 0) is 43.1 Å². The van der Waals surface area contributed by atoms with Crippen molar-refractivity contribution in [2.45, 2.75) is 45.4 Å². The molecule has 176 valence electrons. The Balaban J connectivity index is 1.91. The molecule has 0 fully saturated rings. The fourth-order valence-corrected chi connectivity index (χ4v) is 3.93. The van der Waals surface area contributed by atoms with Crippen LogP contribution in [0.3, 0.4) is 0 Å². The molecule has 0 aromatic heterocycles. The highest BCUT2D eigenvalue weighted by atomic mass is 16.5. The van der Waals surface area contributed by atoms with Gasteiger partial charge in [0.25, 0.3) is 5.91 Å². The number of rotatable bonds is 8. The van der Waals surface area contributed by atoms with Gasteiger partial charge in [0.15, 0.2) is 0 Å². The molecule has 0 aliphatic carbocycles. The third-order valence-corrected chi connectivity index (χ3v) is 5.96. The first kappa shape index (κ1) is 24.3. The van der Waals surface area contributed by atoms with Gasteiger partial charge < -0.3 is 25.6 Å². The fourth-order valence-electron chi connectivity index (χ4n) is 3.93. The molecule has 0 saturated heterocycles. The quantitative estimate of drug-likeness (QED) is 0.571. The summed E-state index contributed by atoms with van der Waals surface area (Å²) in [4.78, 5) is 41.2. The Morgan fingerprint density at radius 2 is 1.70 bits per heavy atom. The smallest absolute Gasteiger partial charge is 0.251 e.